The Kier molecular flexibility index (Phi) is 7.50. The fourth-order valence-electron chi connectivity index (χ4n) is 4.19. The van der Waals surface area contributed by atoms with Gasteiger partial charge in [0, 0.05) is 37.6 Å². The van der Waals surface area contributed by atoms with Crippen LogP contribution in [0.3, 0.4) is 0 Å². The molecule has 10 heteroatoms. The molecule has 0 aliphatic carbocycles. The molecule has 1 aromatic heterocycles. The molecule has 1 amide bonds. The van der Waals surface area contributed by atoms with Crippen LogP contribution >= 0.6 is 0 Å². The first-order valence-electron chi connectivity index (χ1n) is 11.7. The van der Waals surface area contributed by atoms with E-state index in [1.54, 1.807) is 36.3 Å². The number of aromatic nitrogens is 2. The monoisotopic (exact) mass is 504 g/mol. The molecule has 0 radical (unpaired) electrons. The maximum Gasteiger partial charge on any atom is 0.232 e. The lowest BCUT2D eigenvalue weighted by molar-refractivity contribution is -0.119. The van der Waals surface area contributed by atoms with Gasteiger partial charge in [0.1, 0.15) is 6.07 Å². The minimum absolute atomic E-state index is 0.0406. The number of aryl methyl sites for hydroxylation is 2. The second-order valence-electron chi connectivity index (χ2n) is 8.70. The highest BCUT2D eigenvalue weighted by atomic mass is 32.2. The first-order chi connectivity index (χ1) is 17.3. The van der Waals surface area contributed by atoms with E-state index in [1.165, 1.54) is 10.6 Å². The molecule has 36 heavy (non-hydrogen) atoms. The van der Waals surface area contributed by atoms with Crippen molar-refractivity contribution in [1.29, 1.82) is 5.26 Å². The number of anilines is 4. The van der Waals surface area contributed by atoms with Gasteiger partial charge in [-0.2, -0.15) is 5.26 Å². The number of piperidine rings is 1. The number of amides is 1. The third-order valence-electron chi connectivity index (χ3n) is 6.18. The topological polar surface area (TPSA) is 119 Å². The molecule has 1 saturated heterocycles. The zero-order valence-corrected chi connectivity index (χ0v) is 21.1. The van der Waals surface area contributed by atoms with Crippen LogP contribution in [0.2, 0.25) is 0 Å². The molecule has 186 valence electrons. The number of nitrogens with one attached hydrogen (secondary N) is 1. The third-order valence-corrected chi connectivity index (χ3v) is 7.37. The van der Waals surface area contributed by atoms with E-state index in [2.05, 4.69) is 21.4 Å². The van der Waals surface area contributed by atoms with Crippen LogP contribution in [0.5, 0.6) is 0 Å². The standard InChI is InChI=1S/C26H28N6O3S/c1-31(36(2,34)35)23-8-4-3-7-19(23)10-11-21-14-15-28-26(29-21)30-22-12-13-24(20(17-22)18-27)32-16-6-5-9-25(32)33/h3-4,7-8,12-15,17H,5-6,9-11,16H2,1-2H3,(H,28,29,30). The van der Waals surface area contributed by atoms with Gasteiger partial charge < -0.3 is 10.2 Å². The molecule has 1 aliphatic rings. The summed E-state index contributed by atoms with van der Waals surface area (Å²) in [7, 11) is -1.82. The average Bonchev–Trinajstić information content (AvgIpc) is 2.87. The molecule has 3 aromatic rings. The molecule has 0 bridgehead atoms. The van der Waals surface area contributed by atoms with Crippen LogP contribution in [0.1, 0.15) is 36.1 Å². The second-order valence-corrected chi connectivity index (χ2v) is 10.7. The maximum atomic E-state index is 12.3. The lowest BCUT2D eigenvalue weighted by atomic mass is 10.1. The van der Waals surface area contributed by atoms with E-state index in [4.69, 9.17) is 0 Å². The highest BCUT2D eigenvalue weighted by Gasteiger charge is 2.22. The minimum Gasteiger partial charge on any atom is -0.324 e. The van der Waals surface area contributed by atoms with Gasteiger partial charge in [-0.3, -0.25) is 9.10 Å². The van der Waals surface area contributed by atoms with Crippen LogP contribution < -0.4 is 14.5 Å². The SMILES string of the molecule is CN(c1ccccc1CCc1ccnc(Nc2ccc(N3CCCCC3=O)c(C#N)c2)n1)S(C)(=O)=O. The number of carbonyl (C=O) groups excluding carboxylic acids is 1. The largest absolute Gasteiger partial charge is 0.324 e. The molecule has 0 unspecified atom stereocenters. The van der Waals surface area contributed by atoms with Gasteiger partial charge in [0.2, 0.25) is 21.9 Å². The third kappa shape index (κ3) is 5.80. The zero-order chi connectivity index (χ0) is 25.7. The van der Waals surface area contributed by atoms with E-state index in [1.807, 2.05) is 30.3 Å². The van der Waals surface area contributed by atoms with Crippen molar-refractivity contribution in [2.75, 3.05) is 34.4 Å². The minimum atomic E-state index is -3.37. The normalized spacial score (nSPS) is 13.8. The van der Waals surface area contributed by atoms with Gasteiger partial charge in [0.15, 0.2) is 0 Å². The molecule has 2 heterocycles. The van der Waals surface area contributed by atoms with Crippen molar-refractivity contribution in [1.82, 2.24) is 9.97 Å². The van der Waals surface area contributed by atoms with E-state index >= 15 is 0 Å². The van der Waals surface area contributed by atoms with Gasteiger partial charge in [0.05, 0.1) is 23.2 Å². The quantitative estimate of drug-likeness (QED) is 0.496. The Bertz CT molecular complexity index is 1420. The van der Waals surface area contributed by atoms with Crippen molar-refractivity contribution in [3.63, 3.8) is 0 Å². The Labute approximate surface area is 211 Å². The predicted molar refractivity (Wildman–Crippen MR) is 140 cm³/mol. The molecule has 4 rings (SSSR count). The summed E-state index contributed by atoms with van der Waals surface area (Å²) in [5.41, 5.74) is 4.03. The fraction of sp³-hybridized carbons (Fsp3) is 0.308. The van der Waals surface area contributed by atoms with Gasteiger partial charge in [-0.25, -0.2) is 18.4 Å². The van der Waals surface area contributed by atoms with Crippen LogP contribution in [0, 0.1) is 11.3 Å². The summed E-state index contributed by atoms with van der Waals surface area (Å²) in [4.78, 5) is 22.9. The summed E-state index contributed by atoms with van der Waals surface area (Å²) in [5, 5.41) is 12.8. The number of hydrogen-bond donors (Lipinski definition) is 1. The Balaban J connectivity index is 1.48. The molecule has 2 aromatic carbocycles. The maximum absolute atomic E-state index is 12.3. The molecule has 1 fully saturated rings. The Morgan fingerprint density at radius 2 is 1.94 bits per heavy atom. The smallest absolute Gasteiger partial charge is 0.232 e. The van der Waals surface area contributed by atoms with Crippen molar-refractivity contribution in [3.05, 3.63) is 71.5 Å². The molecule has 0 spiro atoms. The van der Waals surface area contributed by atoms with Crippen molar-refractivity contribution >= 4 is 38.9 Å². The molecule has 1 aliphatic heterocycles. The molecule has 0 saturated carbocycles. The van der Waals surface area contributed by atoms with Crippen LogP contribution in [0.25, 0.3) is 0 Å². The number of para-hydroxylation sites is 1. The van der Waals surface area contributed by atoms with E-state index < -0.39 is 10.0 Å². The van der Waals surface area contributed by atoms with Crippen molar-refractivity contribution in [2.45, 2.75) is 32.1 Å². The Hall–Kier alpha value is -3.97. The van der Waals surface area contributed by atoms with Gasteiger partial charge in [0.25, 0.3) is 0 Å². The number of sulfonamides is 1. The van der Waals surface area contributed by atoms with Gasteiger partial charge >= 0.3 is 0 Å². The lowest BCUT2D eigenvalue weighted by Crippen LogP contribution is -2.35. The average molecular weight is 505 g/mol. The van der Waals surface area contributed by atoms with E-state index in [0.29, 0.717) is 54.4 Å². The van der Waals surface area contributed by atoms with Gasteiger partial charge in [-0.1, -0.05) is 18.2 Å². The number of rotatable bonds is 8. The zero-order valence-electron chi connectivity index (χ0n) is 20.3. The summed E-state index contributed by atoms with van der Waals surface area (Å²) in [5.74, 6) is 0.429. The van der Waals surface area contributed by atoms with Crippen molar-refractivity contribution in [3.8, 4) is 6.07 Å². The second kappa shape index (κ2) is 10.7. The van der Waals surface area contributed by atoms with E-state index in [0.717, 1.165) is 24.1 Å². The first-order valence-corrected chi connectivity index (χ1v) is 13.6. The Morgan fingerprint density at radius 3 is 2.69 bits per heavy atom. The van der Waals surface area contributed by atoms with Crippen LogP contribution in [-0.2, 0) is 27.7 Å². The molecular formula is C26H28N6O3S. The first kappa shape index (κ1) is 25.1. The number of benzene rings is 2. The lowest BCUT2D eigenvalue weighted by Gasteiger charge is -2.27. The summed E-state index contributed by atoms with van der Waals surface area (Å²) < 4.78 is 25.3. The van der Waals surface area contributed by atoms with Crippen LogP contribution in [-0.4, -0.2) is 44.1 Å². The predicted octanol–water partition coefficient (Wildman–Crippen LogP) is 3.79. The number of nitriles is 1. The van der Waals surface area contributed by atoms with Crippen molar-refractivity contribution in [2.24, 2.45) is 0 Å². The molecular weight excluding hydrogens is 476 g/mol. The van der Waals surface area contributed by atoms with E-state index in [9.17, 15) is 18.5 Å². The highest BCUT2D eigenvalue weighted by Crippen LogP contribution is 2.28. The molecule has 0 atom stereocenters. The highest BCUT2D eigenvalue weighted by molar-refractivity contribution is 7.92. The molecule has 9 nitrogen and oxygen atoms in total. The van der Waals surface area contributed by atoms with Crippen LogP contribution in [0.4, 0.5) is 23.0 Å². The summed E-state index contributed by atoms with van der Waals surface area (Å²) in [6, 6.07) is 16.7. The number of nitrogens with zero attached hydrogens (tertiary/aromatic N) is 5. The fourth-order valence-corrected chi connectivity index (χ4v) is 4.73. The van der Waals surface area contributed by atoms with Gasteiger partial charge in [-0.15, -0.1) is 0 Å². The number of hydrogen-bond acceptors (Lipinski definition) is 7. The van der Waals surface area contributed by atoms with Crippen LogP contribution in [0.15, 0.2) is 54.7 Å². The van der Waals surface area contributed by atoms with Crippen molar-refractivity contribution < 1.29 is 13.2 Å². The molecule has 1 N–H and O–H groups in total. The summed E-state index contributed by atoms with van der Waals surface area (Å²) in [6.07, 6.45) is 6.33. The van der Waals surface area contributed by atoms with Gasteiger partial charge in [-0.05, 0) is 61.6 Å². The summed E-state index contributed by atoms with van der Waals surface area (Å²) >= 11 is 0. The number of carbonyl (C=O) groups is 1. The van der Waals surface area contributed by atoms with E-state index in [-0.39, 0.29) is 5.91 Å². The summed E-state index contributed by atoms with van der Waals surface area (Å²) in [6.45, 7) is 0.620. The Morgan fingerprint density at radius 1 is 1.14 bits per heavy atom.